The molecule has 0 aliphatic heterocycles. The number of allylic oxidation sites excluding steroid dienone is 4. The summed E-state index contributed by atoms with van der Waals surface area (Å²) in [7, 11) is 0. The van der Waals surface area contributed by atoms with Gasteiger partial charge in [-0.2, -0.15) is 0 Å². The number of hydrogen-bond donors (Lipinski definition) is 0. The van der Waals surface area contributed by atoms with Crippen molar-refractivity contribution in [2.45, 2.75) is 38.8 Å². The number of halogens is 2. The Morgan fingerprint density at radius 3 is 1.56 bits per heavy atom. The van der Waals surface area contributed by atoms with E-state index in [2.05, 4.69) is 83.1 Å². The normalized spacial score (nSPS) is 12.7. The molecular formula is C22H24Cl2Ti. The summed E-state index contributed by atoms with van der Waals surface area (Å²) in [5.74, 6) is 0. The summed E-state index contributed by atoms with van der Waals surface area (Å²) < 4.78 is 2.24. The van der Waals surface area contributed by atoms with Gasteiger partial charge in [0.05, 0.1) is 0 Å². The molecule has 1 aliphatic carbocycles. The van der Waals surface area contributed by atoms with Gasteiger partial charge in [-0.1, -0.05) is 0 Å². The second-order valence-corrected chi connectivity index (χ2v) is 9.15. The van der Waals surface area contributed by atoms with E-state index in [0.29, 0.717) is 4.22 Å². The average Bonchev–Trinajstić information content (AvgIpc) is 2.88. The summed E-state index contributed by atoms with van der Waals surface area (Å²) in [6.45, 7) is 11.3. The molecule has 0 N–H and O–H groups in total. The van der Waals surface area contributed by atoms with Gasteiger partial charge in [-0.05, 0) is 0 Å². The molecule has 3 heteroatoms. The fraction of sp³-hybridized carbons (Fsp3) is 0.273. The van der Waals surface area contributed by atoms with E-state index in [4.69, 9.17) is 0 Å². The molecule has 0 aromatic heterocycles. The molecular weight excluding hydrogens is 383 g/mol. The Morgan fingerprint density at radius 1 is 0.680 bits per heavy atom. The van der Waals surface area contributed by atoms with E-state index in [1.165, 1.54) is 39.0 Å². The summed E-state index contributed by atoms with van der Waals surface area (Å²) >= 11 is -0.234. The van der Waals surface area contributed by atoms with Crippen molar-refractivity contribution in [3.63, 3.8) is 0 Å². The van der Waals surface area contributed by atoms with Gasteiger partial charge in [-0.25, -0.2) is 0 Å². The molecule has 0 spiro atoms. The van der Waals surface area contributed by atoms with E-state index in [9.17, 15) is 0 Å². The van der Waals surface area contributed by atoms with Crippen LogP contribution < -0.4 is 24.8 Å². The van der Waals surface area contributed by atoms with E-state index in [-0.39, 0.29) is 44.0 Å². The smallest absolute Gasteiger partial charge is 1.00 e. The number of fused-ring (bicyclic) bond motifs is 3. The standard InChI is InChI=1S/C13H9.C9H15.2ClH.Ti/c1-3-7-12-10(5-1)9-11-6-2-4-8-13(11)12;1-6-8(4)9(5)7(2)3;;;/h1-9H;1-5H3;2*1H;/q;;;;+2/p-2. The molecule has 25 heavy (non-hydrogen) atoms. The van der Waals surface area contributed by atoms with Crippen molar-refractivity contribution in [1.82, 2.24) is 0 Å². The largest absolute Gasteiger partial charge is 1.00 e. The zero-order valence-corrected chi connectivity index (χ0v) is 18.5. The molecule has 3 rings (SSSR count). The molecule has 0 unspecified atom stereocenters. The van der Waals surface area contributed by atoms with Crippen LogP contribution >= 0.6 is 0 Å². The number of hydrogen-bond acceptors (Lipinski definition) is 0. The maximum atomic E-state index is 2.35. The van der Waals surface area contributed by atoms with Gasteiger partial charge in [0.2, 0.25) is 0 Å². The van der Waals surface area contributed by atoms with Crippen molar-refractivity contribution in [2.75, 3.05) is 0 Å². The molecule has 1 aliphatic rings. The Kier molecular flexibility index (Phi) is 8.22. The van der Waals surface area contributed by atoms with Crippen LogP contribution in [0.3, 0.4) is 0 Å². The van der Waals surface area contributed by atoms with Crippen LogP contribution in [-0.4, -0.2) is 0 Å². The van der Waals surface area contributed by atoms with E-state index in [1.807, 2.05) is 0 Å². The molecule has 0 radical (unpaired) electrons. The zero-order chi connectivity index (χ0) is 16.6. The Balaban J connectivity index is 0.00000156. The first-order chi connectivity index (χ1) is 11.0. The van der Waals surface area contributed by atoms with Crippen molar-refractivity contribution in [2.24, 2.45) is 0 Å². The van der Waals surface area contributed by atoms with Gasteiger partial charge in [-0.15, -0.1) is 0 Å². The van der Waals surface area contributed by atoms with Crippen LogP contribution in [0.4, 0.5) is 0 Å². The quantitative estimate of drug-likeness (QED) is 0.514. The van der Waals surface area contributed by atoms with Crippen LogP contribution in [0.1, 0.15) is 50.0 Å². The first kappa shape index (κ1) is 22.3. The van der Waals surface area contributed by atoms with Gasteiger partial charge < -0.3 is 24.8 Å². The van der Waals surface area contributed by atoms with E-state index in [1.54, 1.807) is 3.88 Å². The minimum absolute atomic E-state index is 0. The summed E-state index contributed by atoms with van der Waals surface area (Å²) in [5.41, 5.74) is 10.4. The fourth-order valence-electron chi connectivity index (χ4n) is 3.29. The van der Waals surface area contributed by atoms with Gasteiger partial charge in [0.1, 0.15) is 0 Å². The molecule has 0 bridgehead atoms. The third kappa shape index (κ3) is 4.31. The third-order valence-electron chi connectivity index (χ3n) is 5.07. The summed E-state index contributed by atoms with van der Waals surface area (Å²) in [6.07, 6.45) is 0. The van der Waals surface area contributed by atoms with Gasteiger partial charge in [0.15, 0.2) is 0 Å². The Morgan fingerprint density at radius 2 is 1.12 bits per heavy atom. The molecule has 0 saturated carbocycles. The van der Waals surface area contributed by atoms with Crippen molar-refractivity contribution in [3.8, 4) is 11.1 Å². The van der Waals surface area contributed by atoms with Crippen LogP contribution in [0.2, 0.25) is 0 Å². The molecule has 0 fully saturated rings. The second kappa shape index (κ2) is 9.24. The first-order valence-corrected chi connectivity index (χ1v) is 9.95. The van der Waals surface area contributed by atoms with Crippen LogP contribution in [-0.2, 0) is 19.2 Å². The Hall–Kier alpha value is -0.786. The molecule has 0 atom stereocenters. The van der Waals surface area contributed by atoms with Gasteiger partial charge >= 0.3 is 149 Å². The van der Waals surface area contributed by atoms with Gasteiger partial charge in [0.25, 0.3) is 0 Å². The van der Waals surface area contributed by atoms with Gasteiger partial charge in [0, 0.05) is 0 Å². The third-order valence-corrected chi connectivity index (χ3v) is 7.75. The maximum absolute atomic E-state index is 2.35. The Bertz CT molecular complexity index is 769. The first-order valence-electron chi connectivity index (χ1n) is 8.27. The summed E-state index contributed by atoms with van der Waals surface area (Å²) in [5, 5.41) is 0. The SMILES string of the molecule is CC(C)=C(C)C(C)=[C](C)[Ti+2][CH]1c2ccccc2-c2ccccc21.[Cl-].[Cl-]. The molecule has 0 nitrogen and oxygen atoms in total. The van der Waals surface area contributed by atoms with Crippen LogP contribution in [0.25, 0.3) is 11.1 Å². The zero-order valence-electron chi connectivity index (χ0n) is 15.5. The fourth-order valence-corrected chi connectivity index (χ4v) is 5.87. The molecule has 0 heterocycles. The average molecular weight is 407 g/mol. The summed E-state index contributed by atoms with van der Waals surface area (Å²) in [4.78, 5) is 0. The van der Waals surface area contributed by atoms with Crippen LogP contribution in [0.15, 0.2) is 69.1 Å². The van der Waals surface area contributed by atoms with Crippen molar-refractivity contribution in [3.05, 3.63) is 80.3 Å². The maximum Gasteiger partial charge on any atom is -1.00 e. The number of rotatable bonds is 3. The van der Waals surface area contributed by atoms with Crippen molar-refractivity contribution in [1.29, 1.82) is 0 Å². The van der Waals surface area contributed by atoms with Gasteiger partial charge in [-0.3, -0.25) is 0 Å². The molecule has 2 aromatic rings. The Labute approximate surface area is 173 Å². The predicted octanol–water partition coefficient (Wildman–Crippen LogP) is 0.497. The van der Waals surface area contributed by atoms with E-state index < -0.39 is 0 Å². The molecule has 0 amide bonds. The predicted molar refractivity (Wildman–Crippen MR) is 96.1 cm³/mol. The van der Waals surface area contributed by atoms with Crippen LogP contribution in [0, 0.1) is 0 Å². The van der Waals surface area contributed by atoms with Crippen molar-refractivity contribution >= 4 is 0 Å². The summed E-state index contributed by atoms with van der Waals surface area (Å²) in [6, 6.07) is 18.0. The second-order valence-electron chi connectivity index (χ2n) is 6.63. The number of benzene rings is 2. The van der Waals surface area contributed by atoms with Crippen molar-refractivity contribution < 1.29 is 44.0 Å². The molecule has 130 valence electrons. The minimum atomic E-state index is -0.234. The van der Waals surface area contributed by atoms with E-state index >= 15 is 0 Å². The minimum Gasteiger partial charge on any atom is -1.00 e. The monoisotopic (exact) mass is 406 g/mol. The van der Waals surface area contributed by atoms with Crippen LogP contribution in [0.5, 0.6) is 0 Å². The topological polar surface area (TPSA) is 0 Å². The van der Waals surface area contributed by atoms with E-state index in [0.717, 1.165) is 0 Å². The molecule has 0 saturated heterocycles. The molecule has 2 aromatic carbocycles.